The summed E-state index contributed by atoms with van der Waals surface area (Å²) in [5, 5.41) is 2.01. The summed E-state index contributed by atoms with van der Waals surface area (Å²) >= 11 is 1.68. The predicted octanol–water partition coefficient (Wildman–Crippen LogP) is 3.90. The van der Waals surface area contributed by atoms with Crippen molar-refractivity contribution in [2.75, 3.05) is 18.5 Å². The molecule has 0 spiro atoms. The summed E-state index contributed by atoms with van der Waals surface area (Å²) in [7, 11) is 1.87. The lowest BCUT2D eigenvalue weighted by Gasteiger charge is -2.21. The lowest BCUT2D eigenvalue weighted by Crippen LogP contribution is -2.21. The van der Waals surface area contributed by atoms with Crippen LogP contribution in [0.15, 0.2) is 35.7 Å². The number of halogens is 3. The summed E-state index contributed by atoms with van der Waals surface area (Å²) in [6.45, 7) is 0.622. The van der Waals surface area contributed by atoms with E-state index in [0.717, 1.165) is 24.7 Å². The zero-order valence-corrected chi connectivity index (χ0v) is 12.5. The molecule has 0 aliphatic rings. The second kappa shape index (κ2) is 6.49. The third-order valence-electron chi connectivity index (χ3n) is 3.33. The minimum atomic E-state index is -4.36. The van der Waals surface area contributed by atoms with E-state index in [2.05, 4.69) is 6.07 Å². The summed E-state index contributed by atoms with van der Waals surface area (Å²) in [5.41, 5.74) is 5.68. The van der Waals surface area contributed by atoms with Crippen molar-refractivity contribution in [2.24, 2.45) is 5.73 Å². The lowest BCUT2D eigenvalue weighted by molar-refractivity contribution is -0.138. The highest BCUT2D eigenvalue weighted by molar-refractivity contribution is 7.09. The Morgan fingerprint density at radius 1 is 1.24 bits per heavy atom. The van der Waals surface area contributed by atoms with Gasteiger partial charge in [0, 0.05) is 30.7 Å². The van der Waals surface area contributed by atoms with Crippen LogP contribution in [0, 0.1) is 0 Å². The van der Waals surface area contributed by atoms with Crippen molar-refractivity contribution in [3.05, 3.63) is 51.7 Å². The first-order valence-electron chi connectivity index (χ1n) is 6.55. The maximum atomic E-state index is 12.8. The maximum absolute atomic E-state index is 12.8. The molecule has 6 heteroatoms. The Balaban J connectivity index is 2.12. The molecule has 0 atom stereocenters. The van der Waals surface area contributed by atoms with Crippen LogP contribution in [0.4, 0.5) is 18.9 Å². The van der Waals surface area contributed by atoms with Crippen molar-refractivity contribution in [2.45, 2.75) is 19.1 Å². The molecule has 0 unspecified atom stereocenters. The Morgan fingerprint density at radius 2 is 2.00 bits per heavy atom. The van der Waals surface area contributed by atoms with Gasteiger partial charge < -0.3 is 10.6 Å². The van der Waals surface area contributed by atoms with Crippen LogP contribution in [-0.4, -0.2) is 13.6 Å². The van der Waals surface area contributed by atoms with Crippen molar-refractivity contribution in [3.8, 4) is 0 Å². The molecule has 1 aromatic carbocycles. The zero-order valence-electron chi connectivity index (χ0n) is 11.7. The summed E-state index contributed by atoms with van der Waals surface area (Å²) < 4.78 is 38.5. The van der Waals surface area contributed by atoms with Gasteiger partial charge in [0.2, 0.25) is 0 Å². The van der Waals surface area contributed by atoms with Crippen molar-refractivity contribution in [1.29, 1.82) is 0 Å². The normalized spacial score (nSPS) is 11.7. The molecular weight excluding hydrogens is 297 g/mol. The standard InChI is InChI=1S/C15H17F3N2S/c1-20(7-6-13-3-2-8-21-13)12-4-5-14(15(16,17)18)11(9-12)10-19/h2-5,8-9H,6-7,10,19H2,1H3. The number of thiophene rings is 1. The van der Waals surface area contributed by atoms with E-state index in [9.17, 15) is 13.2 Å². The van der Waals surface area contributed by atoms with E-state index in [1.165, 1.54) is 17.0 Å². The highest BCUT2D eigenvalue weighted by atomic mass is 32.1. The Morgan fingerprint density at radius 3 is 2.57 bits per heavy atom. The summed E-state index contributed by atoms with van der Waals surface area (Å²) in [4.78, 5) is 3.20. The average Bonchev–Trinajstić information content (AvgIpc) is 2.96. The van der Waals surface area contributed by atoms with Gasteiger partial charge in [-0.2, -0.15) is 13.2 Å². The third-order valence-corrected chi connectivity index (χ3v) is 4.26. The fourth-order valence-corrected chi connectivity index (χ4v) is 2.82. The van der Waals surface area contributed by atoms with Crippen LogP contribution in [0.1, 0.15) is 16.0 Å². The van der Waals surface area contributed by atoms with Gasteiger partial charge in [0.1, 0.15) is 0 Å². The fourth-order valence-electron chi connectivity index (χ4n) is 2.12. The van der Waals surface area contributed by atoms with Crippen LogP contribution in [-0.2, 0) is 19.1 Å². The molecule has 2 nitrogen and oxygen atoms in total. The number of likely N-dealkylation sites (N-methyl/N-ethyl adjacent to an activating group) is 1. The van der Waals surface area contributed by atoms with Gasteiger partial charge in [-0.3, -0.25) is 0 Å². The molecule has 0 saturated carbocycles. The molecule has 0 aliphatic carbocycles. The second-order valence-electron chi connectivity index (χ2n) is 4.79. The number of nitrogens with zero attached hydrogens (tertiary/aromatic N) is 1. The van der Waals surface area contributed by atoms with E-state index in [4.69, 9.17) is 5.73 Å². The van der Waals surface area contributed by atoms with E-state index < -0.39 is 11.7 Å². The highest BCUT2D eigenvalue weighted by Gasteiger charge is 2.33. The van der Waals surface area contributed by atoms with Gasteiger partial charge in [0.25, 0.3) is 0 Å². The first-order chi connectivity index (χ1) is 9.91. The molecule has 1 heterocycles. The molecule has 21 heavy (non-hydrogen) atoms. The molecule has 0 amide bonds. The predicted molar refractivity (Wildman–Crippen MR) is 80.6 cm³/mol. The van der Waals surface area contributed by atoms with Gasteiger partial charge in [-0.1, -0.05) is 6.07 Å². The second-order valence-corrected chi connectivity index (χ2v) is 5.83. The molecule has 0 bridgehead atoms. The van der Waals surface area contributed by atoms with Crippen molar-refractivity contribution >= 4 is 17.0 Å². The first kappa shape index (κ1) is 15.9. The average molecular weight is 314 g/mol. The van der Waals surface area contributed by atoms with Gasteiger partial charge >= 0.3 is 6.18 Å². The monoisotopic (exact) mass is 314 g/mol. The van der Waals surface area contributed by atoms with Crippen LogP contribution < -0.4 is 10.6 Å². The molecule has 2 aromatic rings. The lowest BCUT2D eigenvalue weighted by atomic mass is 10.1. The van der Waals surface area contributed by atoms with Gasteiger partial charge in [-0.15, -0.1) is 11.3 Å². The van der Waals surface area contributed by atoms with E-state index in [0.29, 0.717) is 0 Å². The fraction of sp³-hybridized carbons (Fsp3) is 0.333. The number of rotatable bonds is 5. The Bertz CT molecular complexity index is 579. The van der Waals surface area contributed by atoms with Crippen molar-refractivity contribution < 1.29 is 13.2 Å². The van der Waals surface area contributed by atoms with Gasteiger partial charge in [-0.25, -0.2) is 0 Å². The van der Waals surface area contributed by atoms with Crippen LogP contribution in [0.5, 0.6) is 0 Å². The molecule has 0 saturated heterocycles. The van der Waals surface area contributed by atoms with E-state index in [1.54, 1.807) is 11.3 Å². The number of anilines is 1. The number of benzene rings is 1. The quantitative estimate of drug-likeness (QED) is 0.907. The highest BCUT2D eigenvalue weighted by Crippen LogP contribution is 2.33. The van der Waals surface area contributed by atoms with Gasteiger partial charge in [0.15, 0.2) is 0 Å². The first-order valence-corrected chi connectivity index (χ1v) is 7.43. The Kier molecular flexibility index (Phi) is 4.90. The summed E-state index contributed by atoms with van der Waals surface area (Å²) in [6.07, 6.45) is -3.49. The number of hydrogen-bond donors (Lipinski definition) is 1. The molecule has 114 valence electrons. The van der Waals surface area contributed by atoms with E-state index in [1.807, 2.05) is 23.4 Å². The van der Waals surface area contributed by atoms with E-state index in [-0.39, 0.29) is 12.1 Å². The molecular formula is C15H17F3N2S. The molecule has 1 aromatic heterocycles. The zero-order chi connectivity index (χ0) is 15.5. The van der Waals surface area contributed by atoms with Crippen LogP contribution in [0.3, 0.4) is 0 Å². The minimum Gasteiger partial charge on any atom is -0.374 e. The van der Waals surface area contributed by atoms with Gasteiger partial charge in [-0.05, 0) is 41.6 Å². The Labute approximate surface area is 126 Å². The molecule has 0 aliphatic heterocycles. The Hall–Kier alpha value is -1.53. The van der Waals surface area contributed by atoms with Crippen LogP contribution >= 0.6 is 11.3 Å². The number of nitrogens with two attached hydrogens (primary N) is 1. The third kappa shape index (κ3) is 3.98. The van der Waals surface area contributed by atoms with Crippen molar-refractivity contribution in [3.63, 3.8) is 0 Å². The number of hydrogen-bond acceptors (Lipinski definition) is 3. The van der Waals surface area contributed by atoms with Crippen molar-refractivity contribution in [1.82, 2.24) is 0 Å². The van der Waals surface area contributed by atoms with E-state index >= 15 is 0 Å². The minimum absolute atomic E-state index is 0.124. The summed E-state index contributed by atoms with van der Waals surface area (Å²) in [5.74, 6) is 0. The number of alkyl halides is 3. The molecule has 2 N–H and O–H groups in total. The van der Waals surface area contributed by atoms with Crippen LogP contribution in [0.25, 0.3) is 0 Å². The maximum Gasteiger partial charge on any atom is 0.416 e. The summed E-state index contributed by atoms with van der Waals surface area (Å²) in [6, 6.07) is 8.17. The topological polar surface area (TPSA) is 29.3 Å². The van der Waals surface area contributed by atoms with Gasteiger partial charge in [0.05, 0.1) is 5.56 Å². The smallest absolute Gasteiger partial charge is 0.374 e. The van der Waals surface area contributed by atoms with Crippen LogP contribution in [0.2, 0.25) is 0 Å². The molecule has 0 fully saturated rings. The molecule has 0 radical (unpaired) electrons. The SMILES string of the molecule is CN(CCc1cccs1)c1ccc(C(F)(F)F)c(CN)c1. The largest absolute Gasteiger partial charge is 0.416 e. The molecule has 2 rings (SSSR count).